The number of carbonyl (C=O) groups excluding carboxylic acids is 1. The smallest absolute Gasteiger partial charge is 0.339 e. The molecule has 0 N–H and O–H groups in total. The number of rotatable bonds is 9. The van der Waals surface area contributed by atoms with Gasteiger partial charge in [-0.25, -0.2) is 9.78 Å². The molecule has 106 valence electrons. The largest absolute Gasteiger partial charge is 0.478 e. The van der Waals surface area contributed by atoms with Gasteiger partial charge in [0.15, 0.2) is 0 Å². The van der Waals surface area contributed by atoms with Crippen LogP contribution in [0.3, 0.4) is 0 Å². The number of esters is 1. The fraction of sp³-hybridized carbons (Fsp3) is 0.600. The van der Waals surface area contributed by atoms with Crippen molar-refractivity contribution in [3.05, 3.63) is 23.9 Å². The van der Waals surface area contributed by atoms with Crippen LogP contribution in [-0.4, -0.2) is 24.2 Å². The van der Waals surface area contributed by atoms with Crippen LogP contribution in [0, 0.1) is 0 Å². The highest BCUT2D eigenvalue weighted by atomic mass is 16.5. The van der Waals surface area contributed by atoms with Gasteiger partial charge in [-0.1, -0.05) is 32.6 Å². The molecule has 0 aliphatic heterocycles. The zero-order valence-corrected chi connectivity index (χ0v) is 11.9. The lowest BCUT2D eigenvalue weighted by Crippen LogP contribution is -2.05. The van der Waals surface area contributed by atoms with Crippen molar-refractivity contribution < 1.29 is 14.3 Å². The molecule has 0 fully saturated rings. The molecular formula is C15H23NO3. The van der Waals surface area contributed by atoms with E-state index in [1.54, 1.807) is 19.1 Å². The average Bonchev–Trinajstić information content (AvgIpc) is 2.43. The minimum atomic E-state index is -0.346. The van der Waals surface area contributed by atoms with Crippen LogP contribution in [0.4, 0.5) is 0 Å². The zero-order valence-electron chi connectivity index (χ0n) is 11.9. The highest BCUT2D eigenvalue weighted by molar-refractivity contribution is 5.89. The number of nitrogens with zero attached hydrogens (tertiary/aromatic N) is 1. The van der Waals surface area contributed by atoms with E-state index in [9.17, 15) is 4.79 Å². The SMILES string of the molecule is CCCCCCCOc1ccc(C(=O)OCC)cn1. The molecular weight excluding hydrogens is 242 g/mol. The molecule has 19 heavy (non-hydrogen) atoms. The summed E-state index contributed by atoms with van der Waals surface area (Å²) in [4.78, 5) is 15.5. The number of aromatic nitrogens is 1. The van der Waals surface area contributed by atoms with Gasteiger partial charge in [-0.05, 0) is 19.4 Å². The Hall–Kier alpha value is -1.58. The van der Waals surface area contributed by atoms with E-state index >= 15 is 0 Å². The van der Waals surface area contributed by atoms with Gasteiger partial charge in [0.05, 0.1) is 18.8 Å². The van der Waals surface area contributed by atoms with Crippen LogP contribution in [0.15, 0.2) is 18.3 Å². The second kappa shape index (κ2) is 9.36. The normalized spacial score (nSPS) is 10.2. The number of hydrogen-bond donors (Lipinski definition) is 0. The van der Waals surface area contributed by atoms with Gasteiger partial charge < -0.3 is 9.47 Å². The molecule has 0 bridgehead atoms. The summed E-state index contributed by atoms with van der Waals surface area (Å²) in [5.74, 6) is 0.213. The van der Waals surface area contributed by atoms with E-state index in [0.717, 1.165) is 6.42 Å². The van der Waals surface area contributed by atoms with E-state index in [1.807, 2.05) is 0 Å². The Morgan fingerprint density at radius 2 is 1.95 bits per heavy atom. The van der Waals surface area contributed by atoms with E-state index in [0.29, 0.717) is 24.7 Å². The van der Waals surface area contributed by atoms with E-state index in [2.05, 4.69) is 11.9 Å². The summed E-state index contributed by atoms with van der Waals surface area (Å²) in [5.41, 5.74) is 0.456. The fourth-order valence-electron chi connectivity index (χ4n) is 1.68. The molecule has 0 saturated carbocycles. The van der Waals surface area contributed by atoms with Crippen LogP contribution >= 0.6 is 0 Å². The van der Waals surface area contributed by atoms with Crippen molar-refractivity contribution in [3.63, 3.8) is 0 Å². The molecule has 1 aromatic heterocycles. The van der Waals surface area contributed by atoms with Crippen molar-refractivity contribution in [3.8, 4) is 5.88 Å². The van der Waals surface area contributed by atoms with Crippen molar-refractivity contribution in [1.29, 1.82) is 0 Å². The first-order chi connectivity index (χ1) is 9.27. The topological polar surface area (TPSA) is 48.4 Å². The molecule has 0 saturated heterocycles. The number of pyridine rings is 1. The van der Waals surface area contributed by atoms with Crippen LogP contribution in [0.1, 0.15) is 56.3 Å². The third-order valence-electron chi connectivity index (χ3n) is 2.75. The summed E-state index contributed by atoms with van der Waals surface area (Å²) in [6.45, 7) is 5.02. The summed E-state index contributed by atoms with van der Waals surface area (Å²) in [6.07, 6.45) is 7.51. The lowest BCUT2D eigenvalue weighted by molar-refractivity contribution is 0.0526. The van der Waals surface area contributed by atoms with Crippen LogP contribution in [0.5, 0.6) is 5.88 Å². The summed E-state index contributed by atoms with van der Waals surface area (Å²) in [6, 6.07) is 3.38. The van der Waals surface area contributed by atoms with Crippen molar-refractivity contribution >= 4 is 5.97 Å². The monoisotopic (exact) mass is 265 g/mol. The zero-order chi connectivity index (χ0) is 13.9. The van der Waals surface area contributed by atoms with E-state index < -0.39 is 0 Å². The van der Waals surface area contributed by atoms with Crippen molar-refractivity contribution in [1.82, 2.24) is 4.98 Å². The van der Waals surface area contributed by atoms with Crippen LogP contribution < -0.4 is 4.74 Å². The van der Waals surface area contributed by atoms with Crippen molar-refractivity contribution in [2.24, 2.45) is 0 Å². The maximum Gasteiger partial charge on any atom is 0.339 e. The summed E-state index contributed by atoms with van der Waals surface area (Å²) >= 11 is 0. The highest BCUT2D eigenvalue weighted by Crippen LogP contribution is 2.10. The molecule has 1 rings (SSSR count). The van der Waals surface area contributed by atoms with Crippen LogP contribution in [0.25, 0.3) is 0 Å². The Morgan fingerprint density at radius 3 is 2.58 bits per heavy atom. The van der Waals surface area contributed by atoms with Gasteiger partial charge in [-0.15, -0.1) is 0 Å². The van der Waals surface area contributed by atoms with Crippen LogP contribution in [0.2, 0.25) is 0 Å². The molecule has 4 heteroatoms. The van der Waals surface area contributed by atoms with Crippen molar-refractivity contribution in [2.45, 2.75) is 46.0 Å². The predicted molar refractivity (Wildman–Crippen MR) is 74.4 cm³/mol. The lowest BCUT2D eigenvalue weighted by Gasteiger charge is -2.06. The first kappa shape index (κ1) is 15.5. The van der Waals surface area contributed by atoms with Gasteiger partial charge in [0.25, 0.3) is 0 Å². The minimum absolute atomic E-state index is 0.346. The van der Waals surface area contributed by atoms with Gasteiger partial charge in [-0.2, -0.15) is 0 Å². The maximum atomic E-state index is 11.4. The van der Waals surface area contributed by atoms with E-state index in [-0.39, 0.29) is 5.97 Å². The van der Waals surface area contributed by atoms with E-state index in [1.165, 1.54) is 31.9 Å². The molecule has 0 atom stereocenters. The Morgan fingerprint density at radius 1 is 1.16 bits per heavy atom. The molecule has 0 aliphatic carbocycles. The summed E-state index contributed by atoms with van der Waals surface area (Å²) < 4.78 is 10.4. The Labute approximate surface area is 115 Å². The number of carbonyl (C=O) groups is 1. The second-order valence-corrected chi connectivity index (χ2v) is 4.37. The second-order valence-electron chi connectivity index (χ2n) is 4.37. The van der Waals surface area contributed by atoms with Gasteiger partial charge in [0, 0.05) is 12.3 Å². The van der Waals surface area contributed by atoms with Gasteiger partial charge in [-0.3, -0.25) is 0 Å². The molecule has 0 amide bonds. The molecule has 1 aromatic rings. The summed E-state index contributed by atoms with van der Waals surface area (Å²) in [7, 11) is 0. The maximum absolute atomic E-state index is 11.4. The molecule has 4 nitrogen and oxygen atoms in total. The molecule has 0 unspecified atom stereocenters. The van der Waals surface area contributed by atoms with E-state index in [4.69, 9.17) is 9.47 Å². The summed E-state index contributed by atoms with van der Waals surface area (Å²) in [5, 5.41) is 0. The predicted octanol–water partition coefficient (Wildman–Crippen LogP) is 3.61. The Balaban J connectivity index is 2.26. The van der Waals surface area contributed by atoms with Crippen LogP contribution in [-0.2, 0) is 4.74 Å². The number of hydrogen-bond acceptors (Lipinski definition) is 4. The fourth-order valence-corrected chi connectivity index (χ4v) is 1.68. The van der Waals surface area contributed by atoms with Crippen molar-refractivity contribution in [2.75, 3.05) is 13.2 Å². The molecule has 0 aliphatic rings. The quantitative estimate of drug-likeness (QED) is 0.505. The molecule has 1 heterocycles. The van der Waals surface area contributed by atoms with Gasteiger partial charge in [0.1, 0.15) is 0 Å². The first-order valence-electron chi connectivity index (χ1n) is 7.04. The lowest BCUT2D eigenvalue weighted by atomic mass is 10.2. The van der Waals surface area contributed by atoms with Gasteiger partial charge in [0.2, 0.25) is 5.88 Å². The third kappa shape index (κ3) is 6.22. The molecule has 0 aromatic carbocycles. The highest BCUT2D eigenvalue weighted by Gasteiger charge is 2.06. The first-order valence-corrected chi connectivity index (χ1v) is 7.04. The number of ether oxygens (including phenoxy) is 2. The Kier molecular flexibility index (Phi) is 7.63. The number of unbranched alkanes of at least 4 members (excludes halogenated alkanes) is 4. The molecule has 0 spiro atoms. The average molecular weight is 265 g/mol. The minimum Gasteiger partial charge on any atom is -0.478 e. The standard InChI is InChI=1S/C15H23NO3/c1-3-5-6-7-8-11-19-14-10-9-13(12-16-14)15(17)18-4-2/h9-10,12H,3-8,11H2,1-2H3. The van der Waals surface area contributed by atoms with Gasteiger partial charge >= 0.3 is 5.97 Å². The molecule has 0 radical (unpaired) electrons. The third-order valence-corrected chi connectivity index (χ3v) is 2.75. The Bertz CT molecular complexity index is 362.